The summed E-state index contributed by atoms with van der Waals surface area (Å²) < 4.78 is 7.75. The minimum absolute atomic E-state index is 0.251. The standard InChI is InChI=1S/C13H24N4O/c1-3-11-9-18-6-5-17(11)12(7-14)13-8-15-10-16(13)4-2/h8,10-12H,3-7,9,14H2,1-2H3. The lowest BCUT2D eigenvalue weighted by atomic mass is 10.1. The topological polar surface area (TPSA) is 56.3 Å². The van der Waals surface area contributed by atoms with Crippen LogP contribution in [0.4, 0.5) is 0 Å². The second kappa shape index (κ2) is 6.31. The Kier molecular flexibility index (Phi) is 4.74. The van der Waals surface area contributed by atoms with Crippen LogP contribution < -0.4 is 5.73 Å². The molecule has 102 valence electrons. The average Bonchev–Trinajstić information content (AvgIpc) is 2.88. The fourth-order valence-electron chi connectivity index (χ4n) is 2.73. The molecule has 1 aliphatic heterocycles. The van der Waals surface area contributed by atoms with Gasteiger partial charge in [0.1, 0.15) is 0 Å². The van der Waals surface area contributed by atoms with E-state index in [1.54, 1.807) is 0 Å². The summed E-state index contributed by atoms with van der Waals surface area (Å²) in [4.78, 5) is 6.74. The molecule has 0 bridgehead atoms. The highest BCUT2D eigenvalue weighted by atomic mass is 16.5. The van der Waals surface area contributed by atoms with E-state index in [0.29, 0.717) is 12.6 Å². The summed E-state index contributed by atoms with van der Waals surface area (Å²) in [5.74, 6) is 0. The normalized spacial score (nSPS) is 23.2. The first-order valence-corrected chi connectivity index (χ1v) is 6.85. The first-order valence-electron chi connectivity index (χ1n) is 6.85. The Morgan fingerprint density at radius 1 is 1.56 bits per heavy atom. The number of hydrogen-bond donors (Lipinski definition) is 1. The predicted octanol–water partition coefficient (Wildman–Crippen LogP) is 1.01. The summed E-state index contributed by atoms with van der Waals surface area (Å²) in [6.07, 6.45) is 4.93. The third kappa shape index (κ3) is 2.58. The van der Waals surface area contributed by atoms with Crippen LogP contribution in [0.25, 0.3) is 0 Å². The van der Waals surface area contributed by atoms with Gasteiger partial charge >= 0.3 is 0 Å². The zero-order valence-electron chi connectivity index (χ0n) is 11.4. The minimum Gasteiger partial charge on any atom is -0.378 e. The third-order valence-corrected chi connectivity index (χ3v) is 3.79. The molecule has 1 aromatic rings. The van der Waals surface area contributed by atoms with Gasteiger partial charge in [-0.2, -0.15) is 0 Å². The van der Waals surface area contributed by atoms with Gasteiger partial charge in [-0.3, -0.25) is 4.90 Å². The van der Waals surface area contributed by atoms with Crippen LogP contribution in [-0.2, 0) is 11.3 Å². The molecule has 1 fully saturated rings. The monoisotopic (exact) mass is 252 g/mol. The highest BCUT2D eigenvalue weighted by Gasteiger charge is 2.30. The van der Waals surface area contributed by atoms with Crippen molar-refractivity contribution in [2.75, 3.05) is 26.3 Å². The van der Waals surface area contributed by atoms with Gasteiger partial charge in [-0.15, -0.1) is 0 Å². The number of nitrogens with zero attached hydrogens (tertiary/aromatic N) is 3. The Hall–Kier alpha value is -0.910. The van der Waals surface area contributed by atoms with Crippen molar-refractivity contribution < 1.29 is 4.74 Å². The first kappa shape index (κ1) is 13.5. The summed E-state index contributed by atoms with van der Waals surface area (Å²) in [6, 6.07) is 0.716. The Labute approximate surface area is 109 Å². The van der Waals surface area contributed by atoms with Crippen molar-refractivity contribution in [3.05, 3.63) is 18.2 Å². The lowest BCUT2D eigenvalue weighted by Gasteiger charge is -2.40. The molecule has 2 atom stereocenters. The fraction of sp³-hybridized carbons (Fsp3) is 0.769. The molecule has 2 unspecified atom stereocenters. The molecule has 2 rings (SSSR count). The molecular weight excluding hydrogens is 228 g/mol. The zero-order valence-corrected chi connectivity index (χ0v) is 11.4. The van der Waals surface area contributed by atoms with E-state index in [1.807, 2.05) is 12.5 Å². The molecule has 1 saturated heterocycles. The van der Waals surface area contributed by atoms with Crippen molar-refractivity contribution in [1.82, 2.24) is 14.5 Å². The molecule has 0 aromatic carbocycles. The number of imidazole rings is 1. The summed E-state index contributed by atoms with van der Waals surface area (Å²) in [5, 5.41) is 0. The van der Waals surface area contributed by atoms with Gasteiger partial charge in [-0.25, -0.2) is 4.98 Å². The molecule has 0 saturated carbocycles. The molecule has 0 radical (unpaired) electrons. The van der Waals surface area contributed by atoms with Gasteiger partial charge in [0.2, 0.25) is 0 Å². The second-order valence-electron chi connectivity index (χ2n) is 4.73. The smallest absolute Gasteiger partial charge is 0.0948 e. The van der Waals surface area contributed by atoms with Gasteiger partial charge in [-0.05, 0) is 13.3 Å². The molecular formula is C13H24N4O. The summed E-state index contributed by atoms with van der Waals surface area (Å²) in [5.41, 5.74) is 7.23. The van der Waals surface area contributed by atoms with E-state index in [-0.39, 0.29) is 6.04 Å². The quantitative estimate of drug-likeness (QED) is 0.850. The van der Waals surface area contributed by atoms with E-state index in [2.05, 4.69) is 28.3 Å². The first-order chi connectivity index (χ1) is 8.81. The number of hydrogen-bond acceptors (Lipinski definition) is 4. The van der Waals surface area contributed by atoms with E-state index in [4.69, 9.17) is 10.5 Å². The molecule has 18 heavy (non-hydrogen) atoms. The Balaban J connectivity index is 2.21. The van der Waals surface area contributed by atoms with Crippen LogP contribution in [0.1, 0.15) is 32.0 Å². The Morgan fingerprint density at radius 2 is 2.39 bits per heavy atom. The van der Waals surface area contributed by atoms with E-state index in [1.165, 1.54) is 5.69 Å². The van der Waals surface area contributed by atoms with Crippen molar-refractivity contribution in [2.45, 2.75) is 38.9 Å². The molecule has 2 heterocycles. The molecule has 0 spiro atoms. The Morgan fingerprint density at radius 3 is 3.06 bits per heavy atom. The average molecular weight is 252 g/mol. The van der Waals surface area contributed by atoms with E-state index >= 15 is 0 Å². The van der Waals surface area contributed by atoms with E-state index in [0.717, 1.165) is 32.7 Å². The molecule has 5 heteroatoms. The SMILES string of the molecule is CCC1COCCN1C(CN)c1cncn1CC. The number of ether oxygens (including phenoxy) is 1. The highest BCUT2D eigenvalue weighted by Crippen LogP contribution is 2.25. The molecule has 5 nitrogen and oxygen atoms in total. The number of morpholine rings is 1. The maximum atomic E-state index is 6.01. The highest BCUT2D eigenvalue weighted by molar-refractivity contribution is 5.07. The number of aryl methyl sites for hydroxylation is 1. The lowest BCUT2D eigenvalue weighted by molar-refractivity contribution is -0.0304. The molecule has 2 N–H and O–H groups in total. The number of nitrogens with two attached hydrogens (primary N) is 1. The van der Waals surface area contributed by atoms with Crippen LogP contribution in [0.3, 0.4) is 0 Å². The fourth-order valence-corrected chi connectivity index (χ4v) is 2.73. The van der Waals surface area contributed by atoms with Crippen LogP contribution >= 0.6 is 0 Å². The van der Waals surface area contributed by atoms with Gasteiger partial charge in [0.15, 0.2) is 0 Å². The minimum atomic E-state index is 0.251. The van der Waals surface area contributed by atoms with Crippen molar-refractivity contribution >= 4 is 0 Å². The van der Waals surface area contributed by atoms with Gasteiger partial charge in [0.25, 0.3) is 0 Å². The molecule has 1 aromatic heterocycles. The zero-order chi connectivity index (χ0) is 13.0. The van der Waals surface area contributed by atoms with E-state index in [9.17, 15) is 0 Å². The van der Waals surface area contributed by atoms with Crippen LogP contribution in [0.15, 0.2) is 12.5 Å². The van der Waals surface area contributed by atoms with Gasteiger partial charge in [0.05, 0.1) is 31.3 Å². The largest absolute Gasteiger partial charge is 0.378 e. The lowest BCUT2D eigenvalue weighted by Crippen LogP contribution is -2.49. The van der Waals surface area contributed by atoms with Gasteiger partial charge in [-0.1, -0.05) is 6.92 Å². The van der Waals surface area contributed by atoms with Crippen LogP contribution in [0.2, 0.25) is 0 Å². The van der Waals surface area contributed by atoms with Crippen molar-refractivity contribution in [2.24, 2.45) is 5.73 Å². The maximum absolute atomic E-state index is 6.01. The Bertz CT molecular complexity index is 366. The molecule has 1 aliphatic rings. The van der Waals surface area contributed by atoms with Crippen LogP contribution in [0, 0.1) is 0 Å². The number of rotatable bonds is 5. The van der Waals surface area contributed by atoms with Gasteiger partial charge in [0, 0.05) is 31.9 Å². The maximum Gasteiger partial charge on any atom is 0.0948 e. The van der Waals surface area contributed by atoms with Crippen molar-refractivity contribution in [3.63, 3.8) is 0 Å². The van der Waals surface area contributed by atoms with E-state index < -0.39 is 0 Å². The van der Waals surface area contributed by atoms with Crippen LogP contribution in [0.5, 0.6) is 0 Å². The predicted molar refractivity (Wildman–Crippen MR) is 71.3 cm³/mol. The molecule has 0 amide bonds. The summed E-state index contributed by atoms with van der Waals surface area (Å²) in [7, 11) is 0. The van der Waals surface area contributed by atoms with Gasteiger partial charge < -0.3 is 15.0 Å². The van der Waals surface area contributed by atoms with Crippen molar-refractivity contribution in [1.29, 1.82) is 0 Å². The second-order valence-corrected chi connectivity index (χ2v) is 4.73. The summed E-state index contributed by atoms with van der Waals surface area (Å²) in [6.45, 7) is 8.47. The summed E-state index contributed by atoms with van der Waals surface area (Å²) >= 11 is 0. The molecule has 0 aliphatic carbocycles. The third-order valence-electron chi connectivity index (χ3n) is 3.79. The van der Waals surface area contributed by atoms with Crippen molar-refractivity contribution in [3.8, 4) is 0 Å². The number of aromatic nitrogens is 2. The van der Waals surface area contributed by atoms with Crippen LogP contribution in [-0.4, -0.2) is 46.8 Å².